The van der Waals surface area contributed by atoms with Crippen molar-refractivity contribution in [2.45, 2.75) is 57.1 Å². The van der Waals surface area contributed by atoms with Crippen LogP contribution in [0.5, 0.6) is 5.75 Å². The molecule has 0 spiro atoms. The van der Waals surface area contributed by atoms with Gasteiger partial charge in [0.25, 0.3) is 5.56 Å². The Labute approximate surface area is 221 Å². The van der Waals surface area contributed by atoms with E-state index < -0.39 is 66.8 Å². The highest BCUT2D eigenvalue weighted by atomic mass is 32.5. The fourth-order valence-corrected chi connectivity index (χ4v) is 5.84. The van der Waals surface area contributed by atoms with Gasteiger partial charge in [-0.3, -0.25) is 19.1 Å². The van der Waals surface area contributed by atoms with Crippen LogP contribution < -0.4 is 20.9 Å². The summed E-state index contributed by atoms with van der Waals surface area (Å²) < 4.78 is 23.4. The van der Waals surface area contributed by atoms with Gasteiger partial charge in [-0.1, -0.05) is 23.3 Å². The first kappa shape index (κ1) is 29.5. The number of carbonyl (C=O) groups is 1. The molecule has 0 saturated carbocycles. The van der Waals surface area contributed by atoms with Gasteiger partial charge in [-0.2, -0.15) is 0 Å². The highest BCUT2D eigenvalue weighted by Gasteiger charge is 2.56. The number of azide groups is 1. The quantitative estimate of drug-likeness (QED) is 0.0986. The molecule has 0 aliphatic carbocycles. The summed E-state index contributed by atoms with van der Waals surface area (Å²) in [4.78, 5) is 40.8. The second-order valence-electron chi connectivity index (χ2n) is 8.51. The highest BCUT2D eigenvalue weighted by Crippen LogP contribution is 2.48. The second kappa shape index (κ2) is 12.2. The third-order valence-corrected chi connectivity index (χ3v) is 7.69. The van der Waals surface area contributed by atoms with Crippen LogP contribution in [-0.4, -0.2) is 62.4 Å². The molecular weight excluding hydrogens is 543 g/mol. The first-order valence-electron chi connectivity index (χ1n) is 11.3. The number of carbonyl (C=O) groups excluding carboxylic acids is 1. The summed E-state index contributed by atoms with van der Waals surface area (Å²) in [5.74, 6) is -0.347. The van der Waals surface area contributed by atoms with Crippen LogP contribution >= 0.6 is 6.64 Å². The van der Waals surface area contributed by atoms with Gasteiger partial charge in [0.1, 0.15) is 24.0 Å². The Morgan fingerprint density at radius 3 is 2.61 bits per heavy atom. The molecule has 1 aliphatic heterocycles. The lowest BCUT2D eigenvalue weighted by Crippen LogP contribution is -2.45. The number of aliphatic hydroxyl groups is 2. The van der Waals surface area contributed by atoms with Gasteiger partial charge >= 0.3 is 18.3 Å². The summed E-state index contributed by atoms with van der Waals surface area (Å²) in [6, 6.07) is 8.30. The Kier molecular flexibility index (Phi) is 9.46. The first-order chi connectivity index (χ1) is 17.9. The van der Waals surface area contributed by atoms with Gasteiger partial charge < -0.3 is 28.7 Å². The molecule has 2 unspecified atom stereocenters. The number of nitrogens with one attached hydrogen (secondary N) is 2. The van der Waals surface area contributed by atoms with E-state index in [0.717, 1.165) is 16.8 Å². The molecule has 38 heavy (non-hydrogen) atoms. The first-order valence-corrected chi connectivity index (χ1v) is 13.9. The van der Waals surface area contributed by atoms with Gasteiger partial charge in [0, 0.05) is 17.2 Å². The van der Waals surface area contributed by atoms with Crippen molar-refractivity contribution in [1.29, 1.82) is 0 Å². The number of aliphatic hydroxyl groups excluding tert-OH is 2. The van der Waals surface area contributed by atoms with E-state index in [-0.39, 0.29) is 5.75 Å². The maximum Gasteiger partial charge on any atom is 0.330 e. The Morgan fingerprint density at radius 1 is 1.32 bits per heavy atom. The molecule has 0 radical (unpaired) electrons. The third kappa shape index (κ3) is 6.87. The number of rotatable bonds is 11. The number of benzene rings is 1. The van der Waals surface area contributed by atoms with Crippen molar-refractivity contribution in [2.75, 3.05) is 6.61 Å². The van der Waals surface area contributed by atoms with Gasteiger partial charge in [0.05, 0.1) is 12.7 Å². The maximum atomic E-state index is 12.4. The molecule has 206 valence electrons. The average Bonchev–Trinajstić information content (AvgIpc) is 3.09. The molecule has 2 aromatic rings. The SMILES string of the molecule is CC(C)OC(=O)C(C)NP(=S)(OC[C@@]1(N=[N+]=[N-])O[C@@H](n2ccc(=O)[nH]c2=O)[C@H](O)[C@@H]1O)Oc1ccccc1. The standard InChI is InChI=1S/C21H27N6O9PS/c1-12(2)34-19(31)13(3)24-37(38,36-14-7-5-4-6-8-14)33-11-21(25-26-22)17(30)16(29)18(35-21)27-10-9-15(28)23-20(27)32/h4-10,12-13,16-18,29-30H,11H2,1-3H3,(H,24,38)(H,23,28,32)/t13?,16-,17+,18-,21-,37?/m1/s1. The number of ether oxygens (including phenoxy) is 2. The molecule has 1 aromatic heterocycles. The van der Waals surface area contributed by atoms with E-state index in [1.54, 1.807) is 44.2 Å². The minimum atomic E-state index is -3.66. The number of hydrogen-bond donors (Lipinski definition) is 4. The van der Waals surface area contributed by atoms with Crippen LogP contribution in [0, 0.1) is 0 Å². The van der Waals surface area contributed by atoms with Crippen molar-refractivity contribution in [3.63, 3.8) is 0 Å². The second-order valence-corrected chi connectivity index (χ2v) is 11.6. The average molecular weight is 571 g/mol. The van der Waals surface area contributed by atoms with Crippen LogP contribution in [0.2, 0.25) is 0 Å². The van der Waals surface area contributed by atoms with Crippen LogP contribution in [-0.2, 0) is 30.6 Å². The van der Waals surface area contributed by atoms with Gasteiger partial charge in [-0.25, -0.2) is 9.88 Å². The minimum Gasteiger partial charge on any atom is -0.462 e. The van der Waals surface area contributed by atoms with Crippen LogP contribution in [0.1, 0.15) is 27.0 Å². The highest BCUT2D eigenvalue weighted by molar-refractivity contribution is 8.09. The lowest BCUT2D eigenvalue weighted by molar-refractivity contribution is -0.149. The van der Waals surface area contributed by atoms with Crippen molar-refractivity contribution in [1.82, 2.24) is 14.6 Å². The summed E-state index contributed by atoms with van der Waals surface area (Å²) in [5.41, 5.74) is 5.29. The number of aromatic nitrogens is 2. The van der Waals surface area contributed by atoms with Crippen molar-refractivity contribution in [3.05, 3.63) is 73.9 Å². The number of H-pyrrole nitrogens is 1. The molecule has 6 atom stereocenters. The van der Waals surface area contributed by atoms with Crippen molar-refractivity contribution < 1.29 is 33.5 Å². The molecule has 15 nitrogen and oxygen atoms in total. The molecule has 1 saturated heterocycles. The summed E-state index contributed by atoms with van der Waals surface area (Å²) in [6.45, 7) is 0.420. The van der Waals surface area contributed by atoms with Crippen LogP contribution in [0.3, 0.4) is 0 Å². The molecule has 0 amide bonds. The Hall–Kier alpha value is -3.07. The fraction of sp³-hybridized carbons (Fsp3) is 0.476. The summed E-state index contributed by atoms with van der Waals surface area (Å²) in [7, 11) is 0. The van der Waals surface area contributed by atoms with E-state index in [2.05, 4.69) is 15.1 Å². The zero-order valence-electron chi connectivity index (χ0n) is 20.5. The number of para-hydroxylation sites is 1. The van der Waals surface area contributed by atoms with E-state index in [1.165, 1.54) is 6.92 Å². The van der Waals surface area contributed by atoms with E-state index in [9.17, 15) is 30.1 Å². The molecule has 3 rings (SSSR count). The van der Waals surface area contributed by atoms with Crippen LogP contribution in [0.25, 0.3) is 10.4 Å². The molecular formula is C21H27N6O9PS. The molecule has 2 heterocycles. The fourth-order valence-electron chi connectivity index (χ4n) is 3.44. The lowest BCUT2D eigenvalue weighted by Gasteiger charge is -2.31. The Morgan fingerprint density at radius 2 is 2.00 bits per heavy atom. The van der Waals surface area contributed by atoms with Gasteiger partial charge in [0.15, 0.2) is 6.23 Å². The van der Waals surface area contributed by atoms with E-state index in [4.69, 9.17) is 30.3 Å². The van der Waals surface area contributed by atoms with Crippen LogP contribution in [0.15, 0.2) is 57.3 Å². The predicted octanol–water partition coefficient (Wildman–Crippen LogP) is 1.04. The van der Waals surface area contributed by atoms with Gasteiger partial charge in [-0.15, -0.1) is 0 Å². The molecule has 0 bridgehead atoms. The predicted molar refractivity (Wildman–Crippen MR) is 136 cm³/mol. The number of aromatic amines is 1. The normalized spacial score (nSPS) is 25.3. The zero-order valence-corrected chi connectivity index (χ0v) is 22.2. The largest absolute Gasteiger partial charge is 0.462 e. The zero-order chi connectivity index (χ0) is 28.1. The van der Waals surface area contributed by atoms with E-state index in [1.807, 2.05) is 4.98 Å². The number of hydrogen-bond acceptors (Lipinski definition) is 11. The van der Waals surface area contributed by atoms with E-state index >= 15 is 0 Å². The van der Waals surface area contributed by atoms with Gasteiger partial charge in [0.2, 0.25) is 5.72 Å². The van der Waals surface area contributed by atoms with Crippen molar-refractivity contribution in [3.8, 4) is 5.75 Å². The smallest absolute Gasteiger partial charge is 0.330 e. The molecule has 4 N–H and O–H groups in total. The van der Waals surface area contributed by atoms with Gasteiger partial charge in [-0.05, 0) is 50.2 Å². The van der Waals surface area contributed by atoms with Crippen LogP contribution in [0.4, 0.5) is 0 Å². The molecule has 1 aliphatic rings. The number of nitrogens with zero attached hydrogens (tertiary/aromatic N) is 4. The topological polar surface area (TPSA) is 210 Å². The van der Waals surface area contributed by atoms with E-state index in [0.29, 0.717) is 0 Å². The minimum absolute atomic E-state index is 0.288. The third-order valence-electron chi connectivity index (χ3n) is 5.21. The lowest BCUT2D eigenvalue weighted by atomic mass is 10.1. The monoisotopic (exact) mass is 570 g/mol. The Bertz CT molecular complexity index is 1350. The molecule has 1 fully saturated rings. The summed E-state index contributed by atoms with van der Waals surface area (Å²) >= 11 is 5.61. The summed E-state index contributed by atoms with van der Waals surface area (Å²) in [6.07, 6.45) is -4.60. The molecule has 17 heteroatoms. The number of esters is 1. The summed E-state index contributed by atoms with van der Waals surface area (Å²) in [5, 5.41) is 27.7. The van der Waals surface area contributed by atoms with Crippen molar-refractivity contribution >= 4 is 24.4 Å². The molecule has 1 aromatic carbocycles. The Balaban J connectivity index is 1.91. The van der Waals surface area contributed by atoms with Crippen molar-refractivity contribution in [2.24, 2.45) is 5.11 Å². The maximum absolute atomic E-state index is 12.4.